The smallest absolute Gasteiger partial charge is 0.258 e. The Labute approximate surface area is 151 Å². The van der Waals surface area contributed by atoms with Gasteiger partial charge >= 0.3 is 0 Å². The van der Waals surface area contributed by atoms with Crippen LogP contribution in [-0.2, 0) is 4.79 Å². The third-order valence-corrected chi connectivity index (χ3v) is 3.86. The van der Waals surface area contributed by atoms with Crippen LogP contribution < -0.4 is 14.8 Å². The molecule has 1 amide bonds. The number of amides is 1. The minimum atomic E-state index is -0.336. The summed E-state index contributed by atoms with van der Waals surface area (Å²) >= 11 is 0. The number of hydrogen-bond donors (Lipinski definition) is 2. The van der Waals surface area contributed by atoms with Gasteiger partial charge in [-0.2, -0.15) is 0 Å². The standard InChI is InChI=1S/C20H21NO5/c1-3-24-17-10-6-7-14-11-18(26-20(14)17)13(2)21-19(23)12-25-16-9-5-4-8-15(16)22/h4-11,13,22H,3,12H2,1-2H3,(H,21,23). The number of rotatable bonds is 7. The molecule has 2 N–H and O–H groups in total. The Bertz CT molecular complexity index is 902. The van der Waals surface area contributed by atoms with Crippen LogP contribution in [0.5, 0.6) is 17.2 Å². The summed E-state index contributed by atoms with van der Waals surface area (Å²) in [6.45, 7) is 4.09. The SMILES string of the molecule is CCOc1cccc2cc(C(C)NC(=O)COc3ccccc3O)oc12. The Kier molecular flexibility index (Phi) is 5.31. The lowest BCUT2D eigenvalue weighted by Gasteiger charge is -2.12. The van der Waals surface area contributed by atoms with Gasteiger partial charge < -0.3 is 24.3 Å². The zero-order valence-corrected chi connectivity index (χ0v) is 14.7. The lowest BCUT2D eigenvalue weighted by Crippen LogP contribution is -2.31. The van der Waals surface area contributed by atoms with Crippen molar-refractivity contribution in [3.8, 4) is 17.2 Å². The fourth-order valence-electron chi connectivity index (χ4n) is 2.62. The summed E-state index contributed by atoms with van der Waals surface area (Å²) in [5, 5.41) is 13.4. The highest BCUT2D eigenvalue weighted by Gasteiger charge is 2.16. The van der Waals surface area contributed by atoms with Gasteiger partial charge in [0, 0.05) is 5.39 Å². The molecule has 1 heterocycles. The number of nitrogens with one attached hydrogen (secondary N) is 1. The quantitative estimate of drug-likeness (QED) is 0.674. The Morgan fingerprint density at radius 1 is 1.15 bits per heavy atom. The molecule has 3 aromatic rings. The summed E-state index contributed by atoms with van der Waals surface area (Å²) in [5.74, 6) is 1.25. The van der Waals surface area contributed by atoms with E-state index in [4.69, 9.17) is 13.9 Å². The first-order valence-electron chi connectivity index (χ1n) is 8.44. The molecule has 136 valence electrons. The van der Waals surface area contributed by atoms with Crippen molar-refractivity contribution >= 4 is 16.9 Å². The second-order valence-corrected chi connectivity index (χ2v) is 5.80. The molecule has 0 aliphatic heterocycles. The van der Waals surface area contributed by atoms with E-state index in [0.717, 1.165) is 5.39 Å². The molecule has 26 heavy (non-hydrogen) atoms. The van der Waals surface area contributed by atoms with Gasteiger partial charge in [-0.25, -0.2) is 0 Å². The Hall–Kier alpha value is -3.15. The maximum Gasteiger partial charge on any atom is 0.258 e. The number of phenolic OH excluding ortho intramolecular Hbond substituents is 1. The number of ether oxygens (including phenoxy) is 2. The average Bonchev–Trinajstić information content (AvgIpc) is 3.07. The average molecular weight is 355 g/mol. The predicted molar refractivity (Wildman–Crippen MR) is 97.5 cm³/mol. The molecule has 6 heteroatoms. The first kappa shape index (κ1) is 17.7. The zero-order valence-electron chi connectivity index (χ0n) is 14.7. The molecule has 0 spiro atoms. The van der Waals surface area contributed by atoms with Crippen molar-refractivity contribution < 1.29 is 23.8 Å². The summed E-state index contributed by atoms with van der Waals surface area (Å²) in [4.78, 5) is 12.1. The van der Waals surface area contributed by atoms with Gasteiger partial charge in [0.05, 0.1) is 12.6 Å². The van der Waals surface area contributed by atoms with Crippen LogP contribution in [0, 0.1) is 0 Å². The van der Waals surface area contributed by atoms with Crippen molar-refractivity contribution in [1.82, 2.24) is 5.32 Å². The fraction of sp³-hybridized carbons (Fsp3) is 0.250. The molecule has 0 bridgehead atoms. The molecule has 1 aromatic heterocycles. The lowest BCUT2D eigenvalue weighted by atomic mass is 10.2. The van der Waals surface area contributed by atoms with Gasteiger partial charge in [-0.05, 0) is 38.1 Å². The highest BCUT2D eigenvalue weighted by molar-refractivity contribution is 5.84. The largest absolute Gasteiger partial charge is 0.504 e. The second kappa shape index (κ2) is 7.82. The number of carbonyl (C=O) groups excluding carboxylic acids is 1. The summed E-state index contributed by atoms with van der Waals surface area (Å²) in [7, 11) is 0. The molecule has 1 atom stereocenters. The summed E-state index contributed by atoms with van der Waals surface area (Å²) in [6.07, 6.45) is 0. The molecule has 2 aromatic carbocycles. The van der Waals surface area contributed by atoms with Crippen LogP contribution in [0.3, 0.4) is 0 Å². The van der Waals surface area contributed by atoms with Gasteiger partial charge in [0.1, 0.15) is 5.76 Å². The highest BCUT2D eigenvalue weighted by atomic mass is 16.5. The minimum absolute atomic E-state index is 0.00548. The molecule has 3 rings (SSSR count). The molecule has 0 fully saturated rings. The van der Waals surface area contributed by atoms with Crippen LogP contribution in [0.15, 0.2) is 52.9 Å². The molecule has 0 saturated heterocycles. The minimum Gasteiger partial charge on any atom is -0.504 e. The maximum atomic E-state index is 12.1. The number of furan rings is 1. The molecular weight excluding hydrogens is 334 g/mol. The number of fused-ring (bicyclic) bond motifs is 1. The van der Waals surface area contributed by atoms with Gasteiger partial charge in [-0.1, -0.05) is 24.3 Å². The van der Waals surface area contributed by atoms with Crippen LogP contribution in [0.25, 0.3) is 11.0 Å². The van der Waals surface area contributed by atoms with Crippen LogP contribution in [0.1, 0.15) is 25.6 Å². The molecular formula is C20H21NO5. The van der Waals surface area contributed by atoms with Crippen molar-refractivity contribution in [2.45, 2.75) is 19.9 Å². The van der Waals surface area contributed by atoms with Crippen LogP contribution in [0.2, 0.25) is 0 Å². The number of phenols is 1. The topological polar surface area (TPSA) is 80.9 Å². The number of benzene rings is 2. The summed E-state index contributed by atoms with van der Waals surface area (Å²) in [5.41, 5.74) is 0.663. The third kappa shape index (κ3) is 3.91. The van der Waals surface area contributed by atoms with Crippen molar-refractivity contribution in [2.24, 2.45) is 0 Å². The number of carbonyl (C=O) groups is 1. The molecule has 0 aliphatic carbocycles. The number of aromatic hydroxyl groups is 1. The van der Waals surface area contributed by atoms with Gasteiger partial charge in [0.15, 0.2) is 29.4 Å². The van der Waals surface area contributed by atoms with Crippen LogP contribution in [0.4, 0.5) is 0 Å². The molecule has 1 unspecified atom stereocenters. The van der Waals surface area contributed by atoms with E-state index in [1.807, 2.05) is 38.1 Å². The molecule has 0 aliphatic rings. The first-order chi connectivity index (χ1) is 12.6. The van der Waals surface area contributed by atoms with E-state index in [0.29, 0.717) is 23.7 Å². The van der Waals surface area contributed by atoms with Gasteiger partial charge in [0.25, 0.3) is 5.91 Å². The van der Waals surface area contributed by atoms with E-state index in [9.17, 15) is 9.90 Å². The zero-order chi connectivity index (χ0) is 18.5. The predicted octanol–water partition coefficient (Wildman–Crippen LogP) is 3.79. The molecule has 0 saturated carbocycles. The summed E-state index contributed by atoms with van der Waals surface area (Å²) in [6, 6.07) is 13.7. The van der Waals surface area contributed by atoms with Gasteiger partial charge in [-0.3, -0.25) is 4.79 Å². The Morgan fingerprint density at radius 3 is 2.69 bits per heavy atom. The lowest BCUT2D eigenvalue weighted by molar-refractivity contribution is -0.123. The number of para-hydroxylation sites is 3. The van der Waals surface area contributed by atoms with E-state index < -0.39 is 0 Å². The Balaban J connectivity index is 1.65. The fourth-order valence-corrected chi connectivity index (χ4v) is 2.62. The van der Waals surface area contributed by atoms with E-state index in [1.165, 1.54) is 6.07 Å². The second-order valence-electron chi connectivity index (χ2n) is 5.80. The highest BCUT2D eigenvalue weighted by Crippen LogP contribution is 2.31. The maximum absolute atomic E-state index is 12.1. The summed E-state index contributed by atoms with van der Waals surface area (Å²) < 4.78 is 16.8. The third-order valence-electron chi connectivity index (χ3n) is 3.86. The van der Waals surface area contributed by atoms with Crippen molar-refractivity contribution in [3.05, 3.63) is 54.3 Å². The van der Waals surface area contributed by atoms with Crippen LogP contribution >= 0.6 is 0 Å². The molecule has 6 nitrogen and oxygen atoms in total. The van der Waals surface area contributed by atoms with E-state index in [2.05, 4.69) is 5.32 Å². The van der Waals surface area contributed by atoms with Gasteiger partial charge in [0.2, 0.25) is 0 Å². The van der Waals surface area contributed by atoms with E-state index >= 15 is 0 Å². The van der Waals surface area contributed by atoms with Crippen molar-refractivity contribution in [3.63, 3.8) is 0 Å². The first-order valence-corrected chi connectivity index (χ1v) is 8.44. The van der Waals surface area contributed by atoms with E-state index in [-0.39, 0.29) is 30.1 Å². The normalized spacial score (nSPS) is 11.9. The Morgan fingerprint density at radius 2 is 1.92 bits per heavy atom. The van der Waals surface area contributed by atoms with Crippen LogP contribution in [-0.4, -0.2) is 24.2 Å². The van der Waals surface area contributed by atoms with Gasteiger partial charge in [-0.15, -0.1) is 0 Å². The van der Waals surface area contributed by atoms with Crippen molar-refractivity contribution in [1.29, 1.82) is 0 Å². The number of hydrogen-bond acceptors (Lipinski definition) is 5. The van der Waals surface area contributed by atoms with E-state index in [1.54, 1.807) is 18.2 Å². The monoisotopic (exact) mass is 355 g/mol. The molecule has 0 radical (unpaired) electrons. The van der Waals surface area contributed by atoms with Crippen molar-refractivity contribution in [2.75, 3.05) is 13.2 Å².